The SMILES string of the molecule is CCn1nccc1C1CCCN1C(=O)c1cc(-c2cccc(Cl)c2)on1. The van der Waals surface area contributed by atoms with Crippen LogP contribution in [0, 0.1) is 0 Å². The molecule has 0 N–H and O–H groups in total. The Morgan fingerprint density at radius 3 is 3.04 bits per heavy atom. The van der Waals surface area contributed by atoms with Gasteiger partial charge in [-0.2, -0.15) is 5.10 Å². The van der Waals surface area contributed by atoms with E-state index in [0.29, 0.717) is 23.0 Å². The Hall–Kier alpha value is -2.60. The molecule has 0 radical (unpaired) electrons. The third-order valence-electron chi connectivity index (χ3n) is 4.74. The first-order chi connectivity index (χ1) is 12.7. The molecule has 1 aliphatic heterocycles. The molecule has 0 saturated carbocycles. The number of rotatable bonds is 4. The fourth-order valence-electron chi connectivity index (χ4n) is 3.51. The average molecular weight is 371 g/mol. The van der Waals surface area contributed by atoms with Crippen molar-refractivity contribution < 1.29 is 9.32 Å². The standard InChI is InChI=1S/C19H19ClN4O2/c1-2-24-17(8-9-21-24)16-7-4-10-23(16)19(25)15-12-18(26-22-15)13-5-3-6-14(20)11-13/h3,5-6,8-9,11-12,16H,2,4,7,10H2,1H3. The third-order valence-corrected chi connectivity index (χ3v) is 4.98. The Labute approximate surface area is 156 Å². The van der Waals surface area contributed by atoms with Crippen molar-refractivity contribution in [2.45, 2.75) is 32.4 Å². The molecular weight excluding hydrogens is 352 g/mol. The summed E-state index contributed by atoms with van der Waals surface area (Å²) < 4.78 is 7.32. The van der Waals surface area contributed by atoms with Crippen molar-refractivity contribution in [3.8, 4) is 11.3 Å². The molecular formula is C19H19ClN4O2. The molecule has 1 saturated heterocycles. The number of nitrogens with zero attached hydrogens (tertiary/aromatic N) is 4. The second kappa shape index (κ2) is 6.96. The van der Waals surface area contributed by atoms with Gasteiger partial charge in [-0.15, -0.1) is 0 Å². The molecule has 1 atom stereocenters. The van der Waals surface area contributed by atoms with E-state index in [2.05, 4.69) is 10.3 Å². The Morgan fingerprint density at radius 1 is 1.35 bits per heavy atom. The number of likely N-dealkylation sites (tertiary alicyclic amines) is 1. The monoisotopic (exact) mass is 370 g/mol. The lowest BCUT2D eigenvalue weighted by Crippen LogP contribution is -2.32. The quantitative estimate of drug-likeness (QED) is 0.690. The highest BCUT2D eigenvalue weighted by molar-refractivity contribution is 6.30. The number of carbonyl (C=O) groups excluding carboxylic acids is 1. The van der Waals surface area contributed by atoms with Gasteiger partial charge in [-0.3, -0.25) is 9.48 Å². The molecule has 0 aliphatic carbocycles. The van der Waals surface area contributed by atoms with Crippen LogP contribution in [0.4, 0.5) is 0 Å². The van der Waals surface area contributed by atoms with E-state index < -0.39 is 0 Å². The second-order valence-corrected chi connectivity index (χ2v) is 6.75. The van der Waals surface area contributed by atoms with Crippen molar-refractivity contribution in [2.24, 2.45) is 0 Å². The van der Waals surface area contributed by atoms with Crippen LogP contribution in [0.3, 0.4) is 0 Å². The molecule has 6 nitrogen and oxygen atoms in total. The van der Waals surface area contributed by atoms with Crippen LogP contribution in [0.1, 0.15) is 42.0 Å². The number of hydrogen-bond acceptors (Lipinski definition) is 4. The van der Waals surface area contributed by atoms with Crippen LogP contribution < -0.4 is 0 Å². The van der Waals surface area contributed by atoms with Crippen molar-refractivity contribution in [3.05, 3.63) is 59.0 Å². The van der Waals surface area contributed by atoms with E-state index in [4.69, 9.17) is 16.1 Å². The minimum atomic E-state index is -0.117. The van der Waals surface area contributed by atoms with Gasteiger partial charge in [0.1, 0.15) is 0 Å². The number of halogens is 1. The molecule has 0 spiro atoms. The Bertz CT molecular complexity index is 933. The number of carbonyl (C=O) groups is 1. The predicted molar refractivity (Wildman–Crippen MR) is 97.9 cm³/mol. The molecule has 1 amide bonds. The number of amides is 1. The van der Waals surface area contributed by atoms with Gasteiger partial charge in [0.05, 0.1) is 11.7 Å². The zero-order valence-electron chi connectivity index (χ0n) is 14.4. The Kier molecular flexibility index (Phi) is 4.51. The molecule has 0 bridgehead atoms. The van der Waals surface area contributed by atoms with Gasteiger partial charge in [0.25, 0.3) is 5.91 Å². The van der Waals surface area contributed by atoms with Gasteiger partial charge >= 0.3 is 0 Å². The van der Waals surface area contributed by atoms with Crippen LogP contribution in [-0.4, -0.2) is 32.3 Å². The van der Waals surface area contributed by atoms with Gasteiger partial charge < -0.3 is 9.42 Å². The highest BCUT2D eigenvalue weighted by Crippen LogP contribution is 2.33. The van der Waals surface area contributed by atoms with E-state index in [1.54, 1.807) is 24.4 Å². The lowest BCUT2D eigenvalue weighted by molar-refractivity contribution is 0.0719. The van der Waals surface area contributed by atoms with Gasteiger partial charge in [0.15, 0.2) is 11.5 Å². The number of aryl methyl sites for hydroxylation is 1. The lowest BCUT2D eigenvalue weighted by atomic mass is 10.1. The minimum Gasteiger partial charge on any atom is -0.355 e. The highest BCUT2D eigenvalue weighted by atomic mass is 35.5. The molecule has 134 valence electrons. The zero-order valence-corrected chi connectivity index (χ0v) is 15.2. The number of aromatic nitrogens is 3. The lowest BCUT2D eigenvalue weighted by Gasteiger charge is -2.24. The molecule has 1 aromatic carbocycles. The van der Waals surface area contributed by atoms with Crippen LogP contribution in [0.5, 0.6) is 0 Å². The molecule has 2 aromatic heterocycles. The predicted octanol–water partition coefficient (Wildman–Crippen LogP) is 4.19. The molecule has 26 heavy (non-hydrogen) atoms. The first-order valence-electron chi connectivity index (χ1n) is 8.72. The zero-order chi connectivity index (χ0) is 18.1. The molecule has 3 aromatic rings. The van der Waals surface area contributed by atoms with Gasteiger partial charge in [-0.25, -0.2) is 0 Å². The van der Waals surface area contributed by atoms with Crippen molar-refractivity contribution in [3.63, 3.8) is 0 Å². The Balaban J connectivity index is 1.59. The molecule has 4 rings (SSSR count). The van der Waals surface area contributed by atoms with E-state index in [0.717, 1.165) is 30.6 Å². The highest BCUT2D eigenvalue weighted by Gasteiger charge is 2.33. The van der Waals surface area contributed by atoms with Crippen molar-refractivity contribution in [2.75, 3.05) is 6.54 Å². The second-order valence-electron chi connectivity index (χ2n) is 6.32. The summed E-state index contributed by atoms with van der Waals surface area (Å²) in [6.45, 7) is 3.54. The Morgan fingerprint density at radius 2 is 2.23 bits per heavy atom. The van der Waals surface area contributed by atoms with E-state index in [-0.39, 0.29) is 11.9 Å². The molecule has 3 heterocycles. The first kappa shape index (κ1) is 16.8. The smallest absolute Gasteiger partial charge is 0.276 e. The van der Waals surface area contributed by atoms with Crippen LogP contribution in [0.2, 0.25) is 5.02 Å². The summed E-state index contributed by atoms with van der Waals surface area (Å²) in [4.78, 5) is 14.9. The summed E-state index contributed by atoms with van der Waals surface area (Å²) in [5.74, 6) is 0.415. The van der Waals surface area contributed by atoms with Crippen LogP contribution in [0.15, 0.2) is 47.1 Å². The summed E-state index contributed by atoms with van der Waals surface area (Å²) in [5.41, 5.74) is 2.18. The van der Waals surface area contributed by atoms with Crippen molar-refractivity contribution >= 4 is 17.5 Å². The van der Waals surface area contributed by atoms with Gasteiger partial charge in [0.2, 0.25) is 0 Å². The van der Waals surface area contributed by atoms with E-state index in [9.17, 15) is 4.79 Å². The maximum atomic E-state index is 13.0. The minimum absolute atomic E-state index is 0.0243. The number of benzene rings is 1. The maximum Gasteiger partial charge on any atom is 0.276 e. The topological polar surface area (TPSA) is 64.2 Å². The summed E-state index contributed by atoms with van der Waals surface area (Å²) in [5, 5.41) is 8.93. The average Bonchev–Trinajstić information content (AvgIpc) is 3.40. The van der Waals surface area contributed by atoms with Crippen LogP contribution in [-0.2, 0) is 6.54 Å². The summed E-state index contributed by atoms with van der Waals surface area (Å²) >= 11 is 6.03. The van der Waals surface area contributed by atoms with E-state index in [1.165, 1.54) is 0 Å². The third kappa shape index (κ3) is 3.01. The van der Waals surface area contributed by atoms with Gasteiger partial charge in [0, 0.05) is 35.9 Å². The molecule has 1 unspecified atom stereocenters. The summed E-state index contributed by atoms with van der Waals surface area (Å²) in [6, 6.07) is 11.0. The molecule has 1 fully saturated rings. The van der Waals surface area contributed by atoms with Gasteiger partial charge in [-0.1, -0.05) is 28.9 Å². The fourth-order valence-corrected chi connectivity index (χ4v) is 3.70. The number of hydrogen-bond donors (Lipinski definition) is 0. The molecule has 7 heteroatoms. The van der Waals surface area contributed by atoms with Crippen LogP contribution in [0.25, 0.3) is 11.3 Å². The van der Waals surface area contributed by atoms with Crippen molar-refractivity contribution in [1.82, 2.24) is 19.8 Å². The van der Waals surface area contributed by atoms with E-state index in [1.807, 2.05) is 34.7 Å². The first-order valence-corrected chi connectivity index (χ1v) is 9.10. The van der Waals surface area contributed by atoms with Crippen LogP contribution >= 0.6 is 11.6 Å². The van der Waals surface area contributed by atoms with E-state index >= 15 is 0 Å². The van der Waals surface area contributed by atoms with Crippen molar-refractivity contribution in [1.29, 1.82) is 0 Å². The fraction of sp³-hybridized carbons (Fsp3) is 0.316. The normalized spacial score (nSPS) is 17.0. The van der Waals surface area contributed by atoms with Gasteiger partial charge in [-0.05, 0) is 38.0 Å². The maximum absolute atomic E-state index is 13.0. The molecule has 1 aliphatic rings. The summed E-state index contributed by atoms with van der Waals surface area (Å²) in [7, 11) is 0. The summed E-state index contributed by atoms with van der Waals surface area (Å²) in [6.07, 6.45) is 3.67. The largest absolute Gasteiger partial charge is 0.355 e.